The summed E-state index contributed by atoms with van der Waals surface area (Å²) >= 11 is 0. The van der Waals surface area contributed by atoms with Crippen molar-refractivity contribution < 1.29 is 14.6 Å². The van der Waals surface area contributed by atoms with E-state index >= 15 is 0 Å². The first kappa shape index (κ1) is 8.53. The van der Waals surface area contributed by atoms with E-state index < -0.39 is 0 Å². The summed E-state index contributed by atoms with van der Waals surface area (Å²) < 4.78 is 4.62. The van der Waals surface area contributed by atoms with E-state index in [9.17, 15) is 4.79 Å². The van der Waals surface area contributed by atoms with Crippen molar-refractivity contribution in [2.75, 3.05) is 13.7 Å². The van der Waals surface area contributed by atoms with E-state index in [1.165, 1.54) is 7.11 Å². The van der Waals surface area contributed by atoms with Gasteiger partial charge in [-0.15, -0.1) is 0 Å². The Bertz CT molecular complexity index is 144. The van der Waals surface area contributed by atoms with Crippen molar-refractivity contribution in [3.63, 3.8) is 0 Å². The minimum atomic E-state index is -0.165. The minimum absolute atomic E-state index is 0.0509. The number of aliphatic hydroxyl groups is 1. The third kappa shape index (κ3) is 1.71. The molecule has 11 heavy (non-hydrogen) atoms. The molecule has 0 unspecified atom stereocenters. The van der Waals surface area contributed by atoms with Gasteiger partial charge in [0, 0.05) is 6.61 Å². The number of carbonyl (C=O) groups excluding carboxylic acids is 1. The van der Waals surface area contributed by atoms with Gasteiger partial charge < -0.3 is 9.84 Å². The van der Waals surface area contributed by atoms with Crippen LogP contribution in [-0.2, 0) is 9.53 Å². The van der Waals surface area contributed by atoms with Gasteiger partial charge in [0.15, 0.2) is 0 Å². The zero-order valence-corrected chi connectivity index (χ0v) is 6.75. The molecule has 0 bridgehead atoms. The number of ether oxygens (including phenoxy) is 1. The summed E-state index contributed by atoms with van der Waals surface area (Å²) in [4.78, 5) is 11.1. The van der Waals surface area contributed by atoms with Crippen LogP contribution in [0.1, 0.15) is 19.3 Å². The van der Waals surface area contributed by atoms with E-state index in [2.05, 4.69) is 4.74 Å². The smallest absolute Gasteiger partial charge is 0.309 e. The molecule has 3 heteroatoms. The van der Waals surface area contributed by atoms with Gasteiger partial charge in [-0.1, -0.05) is 6.42 Å². The molecule has 0 aromatic rings. The van der Waals surface area contributed by atoms with Crippen LogP contribution in [0, 0.1) is 11.8 Å². The zero-order chi connectivity index (χ0) is 8.27. The van der Waals surface area contributed by atoms with E-state index in [1.54, 1.807) is 0 Å². The Hall–Kier alpha value is -0.570. The Balaban J connectivity index is 2.49. The van der Waals surface area contributed by atoms with Gasteiger partial charge in [0.2, 0.25) is 0 Å². The Morgan fingerprint density at radius 1 is 1.64 bits per heavy atom. The standard InChI is InChI=1S/C8H14O3/c1-11-8(10)7-4-2-3-6(7)5-9/h6-7,9H,2-5H2,1H3/t6-,7-/m1/s1. The molecule has 0 aromatic carbocycles. The molecule has 0 amide bonds. The minimum Gasteiger partial charge on any atom is -0.469 e. The van der Waals surface area contributed by atoms with Gasteiger partial charge in [0.1, 0.15) is 0 Å². The number of rotatable bonds is 2. The lowest BCUT2D eigenvalue weighted by molar-refractivity contribution is -0.147. The molecule has 1 N–H and O–H groups in total. The van der Waals surface area contributed by atoms with E-state index in [0.717, 1.165) is 19.3 Å². The highest BCUT2D eigenvalue weighted by molar-refractivity contribution is 5.72. The molecule has 1 fully saturated rings. The van der Waals surface area contributed by atoms with Crippen molar-refractivity contribution in [1.82, 2.24) is 0 Å². The number of methoxy groups -OCH3 is 1. The fourth-order valence-electron chi connectivity index (χ4n) is 1.72. The number of hydrogen-bond donors (Lipinski definition) is 1. The molecule has 64 valence electrons. The third-order valence-corrected chi connectivity index (χ3v) is 2.40. The van der Waals surface area contributed by atoms with Gasteiger partial charge >= 0.3 is 5.97 Å². The molecular weight excluding hydrogens is 144 g/mol. The zero-order valence-electron chi connectivity index (χ0n) is 6.75. The molecular formula is C8H14O3. The van der Waals surface area contributed by atoms with Crippen LogP contribution >= 0.6 is 0 Å². The second kappa shape index (κ2) is 3.72. The average molecular weight is 158 g/mol. The topological polar surface area (TPSA) is 46.5 Å². The molecule has 3 nitrogen and oxygen atoms in total. The second-order valence-corrected chi connectivity index (χ2v) is 3.00. The Labute approximate surface area is 66.4 Å². The fraction of sp³-hybridized carbons (Fsp3) is 0.875. The van der Waals surface area contributed by atoms with Crippen LogP contribution in [0.25, 0.3) is 0 Å². The van der Waals surface area contributed by atoms with Crippen LogP contribution in [0.15, 0.2) is 0 Å². The predicted octanol–water partition coefficient (Wildman–Crippen LogP) is 0.568. The van der Waals surface area contributed by atoms with Gasteiger partial charge in [-0.2, -0.15) is 0 Å². The first-order valence-corrected chi connectivity index (χ1v) is 3.98. The Morgan fingerprint density at radius 3 is 2.91 bits per heavy atom. The fourth-order valence-corrected chi connectivity index (χ4v) is 1.72. The summed E-state index contributed by atoms with van der Waals surface area (Å²) in [6.45, 7) is 0.111. The SMILES string of the molecule is COC(=O)[C@@H]1CCC[C@@H]1CO. The van der Waals surface area contributed by atoms with E-state index in [4.69, 9.17) is 5.11 Å². The number of hydrogen-bond acceptors (Lipinski definition) is 3. The van der Waals surface area contributed by atoms with Gasteiger partial charge in [-0.05, 0) is 18.8 Å². The number of aliphatic hydroxyl groups excluding tert-OH is 1. The molecule has 0 radical (unpaired) electrons. The number of carbonyl (C=O) groups is 1. The normalized spacial score (nSPS) is 30.4. The highest BCUT2D eigenvalue weighted by Crippen LogP contribution is 2.31. The first-order valence-electron chi connectivity index (χ1n) is 3.98. The van der Waals surface area contributed by atoms with Crippen LogP contribution in [-0.4, -0.2) is 24.8 Å². The molecule has 0 heterocycles. The summed E-state index contributed by atoms with van der Waals surface area (Å²) in [5.41, 5.74) is 0. The van der Waals surface area contributed by atoms with Gasteiger partial charge in [-0.25, -0.2) is 0 Å². The molecule has 2 atom stereocenters. The lowest BCUT2D eigenvalue weighted by atomic mass is 9.97. The summed E-state index contributed by atoms with van der Waals surface area (Å²) in [7, 11) is 1.40. The highest BCUT2D eigenvalue weighted by Gasteiger charge is 2.32. The van der Waals surface area contributed by atoms with Crippen molar-refractivity contribution in [2.45, 2.75) is 19.3 Å². The predicted molar refractivity (Wildman–Crippen MR) is 39.9 cm³/mol. The Morgan fingerprint density at radius 2 is 2.36 bits per heavy atom. The van der Waals surface area contributed by atoms with Crippen LogP contribution < -0.4 is 0 Å². The molecule has 1 aliphatic carbocycles. The molecule has 0 spiro atoms. The van der Waals surface area contributed by atoms with Crippen LogP contribution in [0.4, 0.5) is 0 Å². The van der Waals surface area contributed by atoms with Gasteiger partial charge in [0.05, 0.1) is 13.0 Å². The quantitative estimate of drug-likeness (QED) is 0.597. The van der Waals surface area contributed by atoms with Crippen LogP contribution in [0.3, 0.4) is 0 Å². The summed E-state index contributed by atoms with van der Waals surface area (Å²) in [6, 6.07) is 0. The lowest BCUT2D eigenvalue weighted by Crippen LogP contribution is -2.22. The second-order valence-electron chi connectivity index (χ2n) is 3.00. The molecule has 1 rings (SSSR count). The maximum Gasteiger partial charge on any atom is 0.309 e. The number of esters is 1. The van der Waals surface area contributed by atoms with Gasteiger partial charge in [0.25, 0.3) is 0 Å². The van der Waals surface area contributed by atoms with Crippen molar-refractivity contribution >= 4 is 5.97 Å². The molecule has 1 aliphatic rings. The van der Waals surface area contributed by atoms with E-state index in [-0.39, 0.29) is 24.4 Å². The van der Waals surface area contributed by atoms with E-state index in [1.807, 2.05) is 0 Å². The summed E-state index contributed by atoms with van der Waals surface area (Å²) in [5, 5.41) is 8.87. The summed E-state index contributed by atoms with van der Waals surface area (Å²) in [6.07, 6.45) is 2.86. The maximum atomic E-state index is 11.1. The monoisotopic (exact) mass is 158 g/mol. The molecule has 0 aromatic heterocycles. The van der Waals surface area contributed by atoms with Crippen molar-refractivity contribution in [3.8, 4) is 0 Å². The van der Waals surface area contributed by atoms with Crippen molar-refractivity contribution in [2.24, 2.45) is 11.8 Å². The maximum absolute atomic E-state index is 11.1. The van der Waals surface area contributed by atoms with Crippen molar-refractivity contribution in [3.05, 3.63) is 0 Å². The lowest BCUT2D eigenvalue weighted by Gasteiger charge is -2.13. The molecule has 0 aliphatic heterocycles. The van der Waals surface area contributed by atoms with Crippen LogP contribution in [0.5, 0.6) is 0 Å². The van der Waals surface area contributed by atoms with Crippen LogP contribution in [0.2, 0.25) is 0 Å². The largest absolute Gasteiger partial charge is 0.469 e. The van der Waals surface area contributed by atoms with Gasteiger partial charge in [-0.3, -0.25) is 4.79 Å². The molecule has 0 saturated heterocycles. The Kier molecular flexibility index (Phi) is 2.88. The summed E-state index contributed by atoms with van der Waals surface area (Å²) in [5.74, 6) is -0.0750. The first-order chi connectivity index (χ1) is 5.29. The molecule has 1 saturated carbocycles. The van der Waals surface area contributed by atoms with Crippen molar-refractivity contribution in [1.29, 1.82) is 0 Å². The van der Waals surface area contributed by atoms with E-state index in [0.29, 0.717) is 0 Å². The third-order valence-electron chi connectivity index (χ3n) is 2.40. The highest BCUT2D eigenvalue weighted by atomic mass is 16.5. The average Bonchev–Trinajstić information content (AvgIpc) is 2.50.